The van der Waals surface area contributed by atoms with E-state index in [9.17, 15) is 0 Å². The van der Waals surface area contributed by atoms with Crippen molar-refractivity contribution in [1.82, 2.24) is 30.4 Å². The minimum atomic E-state index is 0.740. The van der Waals surface area contributed by atoms with Crippen LogP contribution in [0.1, 0.15) is 12.8 Å². The summed E-state index contributed by atoms with van der Waals surface area (Å²) in [6, 6.07) is 0.740. The third-order valence-corrected chi connectivity index (χ3v) is 4.51. The standard InChI is InChI=1S/C12H22N6OS/c1-2-11(1)13-3-4-18-12(14-15-16-18)20-10-7-17-5-8-19-9-6-17/h11,13H,1-10H2. The summed E-state index contributed by atoms with van der Waals surface area (Å²) in [5.41, 5.74) is 0. The van der Waals surface area contributed by atoms with Crippen LogP contribution in [0.3, 0.4) is 0 Å². The third-order valence-electron chi connectivity index (χ3n) is 3.58. The number of ether oxygens (including phenoxy) is 1. The molecule has 20 heavy (non-hydrogen) atoms. The van der Waals surface area contributed by atoms with Crippen LogP contribution < -0.4 is 5.32 Å². The summed E-state index contributed by atoms with van der Waals surface area (Å²) in [6.45, 7) is 6.66. The van der Waals surface area contributed by atoms with Gasteiger partial charge in [0.15, 0.2) is 0 Å². The summed E-state index contributed by atoms with van der Waals surface area (Å²) < 4.78 is 7.25. The lowest BCUT2D eigenvalue weighted by Gasteiger charge is -2.26. The van der Waals surface area contributed by atoms with Crippen LogP contribution in [0.4, 0.5) is 0 Å². The fraction of sp³-hybridized carbons (Fsp3) is 0.917. The van der Waals surface area contributed by atoms with Gasteiger partial charge in [0.05, 0.1) is 19.8 Å². The lowest BCUT2D eigenvalue weighted by Crippen LogP contribution is -2.37. The van der Waals surface area contributed by atoms with Crippen LogP contribution in [0, 0.1) is 0 Å². The second-order valence-corrected chi connectivity index (χ2v) is 6.28. The topological polar surface area (TPSA) is 68.1 Å². The predicted octanol–water partition coefficient (Wildman–Crippen LogP) is -0.151. The summed E-state index contributed by atoms with van der Waals surface area (Å²) in [5, 5.41) is 16.4. The van der Waals surface area contributed by atoms with Crippen molar-refractivity contribution in [2.45, 2.75) is 30.6 Å². The maximum atomic E-state index is 5.35. The summed E-state index contributed by atoms with van der Waals surface area (Å²) in [5.74, 6) is 1.02. The van der Waals surface area contributed by atoms with Gasteiger partial charge in [0.25, 0.3) is 0 Å². The molecule has 112 valence electrons. The first-order valence-electron chi connectivity index (χ1n) is 7.34. The quantitative estimate of drug-likeness (QED) is 0.669. The number of rotatable bonds is 8. The van der Waals surface area contributed by atoms with Crippen LogP contribution in [0.25, 0.3) is 0 Å². The third kappa shape index (κ3) is 4.41. The van der Waals surface area contributed by atoms with Gasteiger partial charge >= 0.3 is 0 Å². The van der Waals surface area contributed by atoms with Crippen LogP contribution in [-0.4, -0.2) is 76.3 Å². The van der Waals surface area contributed by atoms with E-state index in [1.54, 1.807) is 11.8 Å². The number of aromatic nitrogens is 4. The van der Waals surface area contributed by atoms with E-state index in [1.165, 1.54) is 12.8 Å². The molecule has 7 nitrogen and oxygen atoms in total. The van der Waals surface area contributed by atoms with Crippen molar-refractivity contribution < 1.29 is 4.74 Å². The molecular formula is C12H22N6OS. The van der Waals surface area contributed by atoms with Gasteiger partial charge in [0.2, 0.25) is 5.16 Å². The zero-order chi connectivity index (χ0) is 13.6. The molecule has 0 radical (unpaired) electrons. The van der Waals surface area contributed by atoms with E-state index >= 15 is 0 Å². The molecule has 0 bridgehead atoms. The Bertz CT molecular complexity index is 404. The van der Waals surface area contributed by atoms with E-state index in [0.717, 1.165) is 62.9 Å². The first kappa shape index (κ1) is 14.2. The first-order valence-corrected chi connectivity index (χ1v) is 8.33. The van der Waals surface area contributed by atoms with Gasteiger partial charge in [-0.2, -0.15) is 0 Å². The van der Waals surface area contributed by atoms with Crippen molar-refractivity contribution in [1.29, 1.82) is 0 Å². The van der Waals surface area contributed by atoms with Crippen molar-refractivity contribution in [2.24, 2.45) is 0 Å². The van der Waals surface area contributed by atoms with Gasteiger partial charge in [-0.3, -0.25) is 4.90 Å². The maximum absolute atomic E-state index is 5.35. The lowest BCUT2D eigenvalue weighted by atomic mass is 10.4. The molecule has 1 aliphatic carbocycles. The van der Waals surface area contributed by atoms with Gasteiger partial charge in [-0.05, 0) is 23.3 Å². The molecule has 0 aromatic carbocycles. The zero-order valence-corrected chi connectivity index (χ0v) is 12.5. The van der Waals surface area contributed by atoms with E-state index < -0.39 is 0 Å². The Hall–Kier alpha value is -0.700. The van der Waals surface area contributed by atoms with Gasteiger partial charge < -0.3 is 10.1 Å². The molecule has 1 N–H and O–H groups in total. The van der Waals surface area contributed by atoms with Crippen molar-refractivity contribution in [3.8, 4) is 0 Å². The van der Waals surface area contributed by atoms with Gasteiger partial charge in [0.1, 0.15) is 0 Å². The van der Waals surface area contributed by atoms with Gasteiger partial charge in [-0.15, -0.1) is 5.10 Å². The second kappa shape index (κ2) is 7.35. The number of nitrogens with one attached hydrogen (secondary N) is 1. The number of morpholine rings is 1. The summed E-state index contributed by atoms with van der Waals surface area (Å²) in [7, 11) is 0. The maximum Gasteiger partial charge on any atom is 0.209 e. The number of hydrogen-bond acceptors (Lipinski definition) is 7. The summed E-state index contributed by atoms with van der Waals surface area (Å²) in [4.78, 5) is 2.43. The van der Waals surface area contributed by atoms with E-state index in [4.69, 9.17) is 4.74 Å². The number of hydrogen-bond donors (Lipinski definition) is 1. The SMILES string of the molecule is C(Cn1nnnc1SCCN1CCOCC1)NC1CC1. The van der Waals surface area contributed by atoms with E-state index in [2.05, 4.69) is 25.7 Å². The minimum absolute atomic E-state index is 0.740. The Labute approximate surface area is 123 Å². The predicted molar refractivity (Wildman–Crippen MR) is 76.8 cm³/mol. The largest absolute Gasteiger partial charge is 0.379 e. The molecule has 0 spiro atoms. The highest BCUT2D eigenvalue weighted by Crippen LogP contribution is 2.18. The molecule has 2 aliphatic rings. The monoisotopic (exact) mass is 298 g/mol. The van der Waals surface area contributed by atoms with E-state index in [1.807, 2.05) is 4.68 Å². The molecule has 1 saturated heterocycles. The average molecular weight is 298 g/mol. The van der Waals surface area contributed by atoms with Gasteiger partial charge in [-0.25, -0.2) is 4.68 Å². The number of thioether (sulfide) groups is 1. The molecule has 0 atom stereocenters. The van der Waals surface area contributed by atoms with Crippen LogP contribution in [0.5, 0.6) is 0 Å². The van der Waals surface area contributed by atoms with Crippen LogP contribution >= 0.6 is 11.8 Å². The smallest absolute Gasteiger partial charge is 0.209 e. The molecule has 1 aliphatic heterocycles. The molecule has 1 saturated carbocycles. The van der Waals surface area contributed by atoms with Gasteiger partial charge in [0, 0.05) is 38.0 Å². The van der Waals surface area contributed by atoms with Crippen LogP contribution in [-0.2, 0) is 11.3 Å². The zero-order valence-electron chi connectivity index (χ0n) is 11.7. The molecule has 2 heterocycles. The normalized spacial score (nSPS) is 20.4. The van der Waals surface area contributed by atoms with Crippen molar-refractivity contribution in [3.05, 3.63) is 0 Å². The first-order chi connectivity index (χ1) is 9.92. The highest BCUT2D eigenvalue weighted by atomic mass is 32.2. The molecule has 2 fully saturated rings. The number of tetrazole rings is 1. The molecule has 1 aromatic heterocycles. The minimum Gasteiger partial charge on any atom is -0.379 e. The Balaban J connectivity index is 1.36. The summed E-state index contributed by atoms with van der Waals surface area (Å²) in [6.07, 6.45) is 2.63. The molecule has 8 heteroatoms. The number of nitrogens with zero attached hydrogens (tertiary/aromatic N) is 5. The second-order valence-electron chi connectivity index (χ2n) is 5.22. The van der Waals surface area contributed by atoms with Gasteiger partial charge in [-0.1, -0.05) is 11.8 Å². The summed E-state index contributed by atoms with van der Waals surface area (Å²) >= 11 is 1.74. The lowest BCUT2D eigenvalue weighted by molar-refractivity contribution is 0.0410. The van der Waals surface area contributed by atoms with Crippen LogP contribution in [0.2, 0.25) is 0 Å². The fourth-order valence-electron chi connectivity index (χ4n) is 2.19. The Morgan fingerprint density at radius 1 is 1.25 bits per heavy atom. The highest BCUT2D eigenvalue weighted by molar-refractivity contribution is 7.99. The highest BCUT2D eigenvalue weighted by Gasteiger charge is 2.20. The van der Waals surface area contributed by atoms with Crippen LogP contribution in [0.15, 0.2) is 5.16 Å². The average Bonchev–Trinajstić information content (AvgIpc) is 3.20. The van der Waals surface area contributed by atoms with E-state index in [0.29, 0.717) is 0 Å². The Kier molecular flexibility index (Phi) is 5.23. The Morgan fingerprint density at radius 2 is 2.10 bits per heavy atom. The molecular weight excluding hydrogens is 276 g/mol. The molecule has 1 aromatic rings. The van der Waals surface area contributed by atoms with Crippen molar-refractivity contribution >= 4 is 11.8 Å². The fourth-order valence-corrected chi connectivity index (χ4v) is 3.10. The van der Waals surface area contributed by atoms with E-state index in [-0.39, 0.29) is 0 Å². The molecule has 0 amide bonds. The molecule has 3 rings (SSSR count). The Morgan fingerprint density at radius 3 is 2.90 bits per heavy atom. The van der Waals surface area contributed by atoms with Crippen molar-refractivity contribution in [2.75, 3.05) is 45.1 Å². The molecule has 0 unspecified atom stereocenters. The van der Waals surface area contributed by atoms with Crippen molar-refractivity contribution in [3.63, 3.8) is 0 Å².